The Labute approximate surface area is 198 Å². The zero-order valence-corrected chi connectivity index (χ0v) is 19.1. The van der Waals surface area contributed by atoms with E-state index in [-0.39, 0.29) is 23.7 Å². The molecule has 0 saturated heterocycles. The van der Waals surface area contributed by atoms with E-state index in [1.54, 1.807) is 42.3 Å². The van der Waals surface area contributed by atoms with Gasteiger partial charge in [-0.2, -0.15) is 0 Å². The van der Waals surface area contributed by atoms with E-state index in [0.29, 0.717) is 28.1 Å². The molecule has 174 valence electrons. The summed E-state index contributed by atoms with van der Waals surface area (Å²) in [7, 11) is 1.57. The second-order valence-electron chi connectivity index (χ2n) is 8.90. The highest BCUT2D eigenvalue weighted by atomic mass is 19.1. The van der Waals surface area contributed by atoms with Crippen molar-refractivity contribution in [3.63, 3.8) is 0 Å². The maximum atomic E-state index is 14.3. The number of halogens is 1. The first-order chi connectivity index (χ1) is 16.6. The highest BCUT2D eigenvalue weighted by molar-refractivity contribution is 6.14. The third-order valence-electron chi connectivity index (χ3n) is 6.78. The molecule has 1 atom stereocenters. The third-order valence-corrected chi connectivity index (χ3v) is 6.78. The van der Waals surface area contributed by atoms with Gasteiger partial charge in [-0.15, -0.1) is 0 Å². The minimum atomic E-state index is -0.901. The van der Waals surface area contributed by atoms with E-state index in [0.717, 1.165) is 31.2 Å². The smallest absolute Gasteiger partial charge is 0.259 e. The van der Waals surface area contributed by atoms with Gasteiger partial charge in [0.2, 0.25) is 5.91 Å². The van der Waals surface area contributed by atoms with Gasteiger partial charge in [0.1, 0.15) is 17.6 Å². The van der Waals surface area contributed by atoms with Crippen LogP contribution in [-0.4, -0.2) is 25.0 Å². The largest absolute Gasteiger partial charge is 0.497 e. The lowest BCUT2D eigenvalue weighted by Gasteiger charge is -2.38. The number of benzene rings is 3. The standard InChI is InChI=1S/C28H27FN2O3/c1-34-21-14-11-18(12-15-21)28(33)31-25-10-6-5-9-22(25)24-17-19(29)13-16-23(24)26(31)27(32)30-20-7-3-2-4-8-20/h5-6,9-17,20,26H,2-4,7-8H2,1H3,(H,30,32). The fraction of sp³-hybridized carbons (Fsp3) is 0.286. The van der Waals surface area contributed by atoms with Crippen molar-refractivity contribution in [2.45, 2.75) is 44.2 Å². The first-order valence-corrected chi connectivity index (χ1v) is 11.7. The van der Waals surface area contributed by atoms with Crippen LogP contribution in [0.5, 0.6) is 5.75 Å². The van der Waals surface area contributed by atoms with Gasteiger partial charge in [0.25, 0.3) is 5.91 Å². The first-order valence-electron chi connectivity index (χ1n) is 11.7. The van der Waals surface area contributed by atoms with Crippen molar-refractivity contribution in [2.75, 3.05) is 12.0 Å². The second-order valence-corrected chi connectivity index (χ2v) is 8.90. The fourth-order valence-electron chi connectivity index (χ4n) is 5.07. The Kier molecular flexibility index (Phi) is 6.05. The lowest BCUT2D eigenvalue weighted by atomic mass is 9.86. The molecule has 34 heavy (non-hydrogen) atoms. The summed E-state index contributed by atoms with van der Waals surface area (Å²) in [4.78, 5) is 29.2. The Morgan fingerprint density at radius 1 is 0.941 bits per heavy atom. The number of para-hydroxylation sites is 1. The summed E-state index contributed by atoms with van der Waals surface area (Å²) in [5.41, 5.74) is 3.01. The van der Waals surface area contributed by atoms with Crippen LogP contribution >= 0.6 is 0 Å². The lowest BCUT2D eigenvalue weighted by Crippen LogP contribution is -2.48. The summed E-state index contributed by atoms with van der Waals surface area (Å²) in [6.07, 6.45) is 5.19. The van der Waals surface area contributed by atoms with E-state index < -0.39 is 6.04 Å². The van der Waals surface area contributed by atoms with Crippen molar-refractivity contribution in [3.8, 4) is 16.9 Å². The Hall–Kier alpha value is -3.67. The summed E-state index contributed by atoms with van der Waals surface area (Å²) in [5.74, 6) is -0.275. The van der Waals surface area contributed by atoms with E-state index >= 15 is 0 Å². The molecule has 0 spiro atoms. The summed E-state index contributed by atoms with van der Waals surface area (Å²) in [6.45, 7) is 0. The van der Waals surface area contributed by atoms with E-state index in [1.807, 2.05) is 24.3 Å². The average Bonchev–Trinajstić information content (AvgIpc) is 2.88. The maximum absolute atomic E-state index is 14.3. The van der Waals surface area contributed by atoms with E-state index in [4.69, 9.17) is 4.74 Å². The molecular formula is C28H27FN2O3. The predicted molar refractivity (Wildman–Crippen MR) is 129 cm³/mol. The van der Waals surface area contributed by atoms with Gasteiger partial charge >= 0.3 is 0 Å². The van der Waals surface area contributed by atoms with Crippen molar-refractivity contribution in [3.05, 3.63) is 83.7 Å². The summed E-state index contributed by atoms with van der Waals surface area (Å²) >= 11 is 0. The maximum Gasteiger partial charge on any atom is 0.259 e. The molecule has 0 radical (unpaired) electrons. The van der Waals surface area contributed by atoms with Crippen molar-refractivity contribution in [2.24, 2.45) is 0 Å². The first kappa shape index (κ1) is 22.1. The van der Waals surface area contributed by atoms with Crippen LogP contribution in [0.2, 0.25) is 0 Å². The molecule has 3 aromatic carbocycles. The summed E-state index contributed by atoms with van der Waals surface area (Å²) in [6, 6.07) is 17.8. The van der Waals surface area contributed by atoms with Crippen LogP contribution in [0.25, 0.3) is 11.1 Å². The number of hydrogen-bond acceptors (Lipinski definition) is 3. The average molecular weight is 459 g/mol. The molecule has 1 N–H and O–H groups in total. The molecule has 1 unspecified atom stereocenters. The highest BCUT2D eigenvalue weighted by Crippen LogP contribution is 2.45. The number of anilines is 1. The Morgan fingerprint density at radius 2 is 1.68 bits per heavy atom. The topological polar surface area (TPSA) is 58.6 Å². The molecule has 6 heteroatoms. The summed E-state index contributed by atoms with van der Waals surface area (Å²) in [5, 5.41) is 3.18. The van der Waals surface area contributed by atoms with Gasteiger partial charge in [-0.3, -0.25) is 14.5 Å². The molecule has 2 amide bonds. The number of rotatable bonds is 4. The molecule has 5 rings (SSSR count). The number of amides is 2. The molecule has 5 nitrogen and oxygen atoms in total. The molecule has 2 aliphatic rings. The minimum Gasteiger partial charge on any atom is -0.497 e. The zero-order valence-electron chi connectivity index (χ0n) is 19.1. The molecule has 1 aliphatic heterocycles. The summed E-state index contributed by atoms with van der Waals surface area (Å²) < 4.78 is 19.5. The van der Waals surface area contributed by atoms with Gasteiger partial charge in [-0.1, -0.05) is 43.5 Å². The number of carbonyl (C=O) groups is 2. The number of carbonyl (C=O) groups excluding carboxylic acids is 2. The van der Waals surface area contributed by atoms with Gasteiger partial charge in [-0.05, 0) is 66.4 Å². The molecule has 1 aliphatic carbocycles. The fourth-order valence-corrected chi connectivity index (χ4v) is 5.07. The van der Waals surface area contributed by atoms with Gasteiger partial charge in [0, 0.05) is 17.2 Å². The number of fused-ring (bicyclic) bond motifs is 3. The molecule has 0 bridgehead atoms. The van der Waals surface area contributed by atoms with Crippen LogP contribution in [0.3, 0.4) is 0 Å². The number of nitrogens with one attached hydrogen (secondary N) is 1. The molecule has 0 aromatic heterocycles. The SMILES string of the molecule is COc1ccc(C(=O)N2c3ccccc3-c3cc(F)ccc3C2C(=O)NC2CCCCC2)cc1. The van der Waals surface area contributed by atoms with E-state index in [9.17, 15) is 14.0 Å². The van der Waals surface area contributed by atoms with Gasteiger partial charge in [-0.25, -0.2) is 4.39 Å². The highest BCUT2D eigenvalue weighted by Gasteiger charge is 2.40. The van der Waals surface area contributed by atoms with Gasteiger partial charge < -0.3 is 10.1 Å². The molecule has 3 aromatic rings. The van der Waals surface area contributed by atoms with E-state index in [1.165, 1.54) is 18.6 Å². The van der Waals surface area contributed by atoms with Crippen LogP contribution in [0.15, 0.2) is 66.7 Å². The number of nitrogens with zero attached hydrogens (tertiary/aromatic N) is 1. The lowest BCUT2D eigenvalue weighted by molar-refractivity contribution is -0.123. The number of hydrogen-bond donors (Lipinski definition) is 1. The number of ether oxygens (including phenoxy) is 1. The molecular weight excluding hydrogens is 431 g/mol. The van der Waals surface area contributed by atoms with Gasteiger partial charge in [0.05, 0.1) is 12.8 Å². The quantitative estimate of drug-likeness (QED) is 0.550. The van der Waals surface area contributed by atoms with Crippen LogP contribution in [0.4, 0.5) is 10.1 Å². The van der Waals surface area contributed by atoms with Crippen molar-refractivity contribution < 1.29 is 18.7 Å². The number of methoxy groups -OCH3 is 1. The molecule has 1 fully saturated rings. The van der Waals surface area contributed by atoms with Crippen molar-refractivity contribution in [1.82, 2.24) is 5.32 Å². The normalized spacial score (nSPS) is 17.5. The van der Waals surface area contributed by atoms with Crippen LogP contribution in [-0.2, 0) is 4.79 Å². The van der Waals surface area contributed by atoms with Crippen LogP contribution < -0.4 is 15.0 Å². The monoisotopic (exact) mass is 458 g/mol. The third kappa shape index (κ3) is 4.04. The van der Waals surface area contributed by atoms with Crippen molar-refractivity contribution >= 4 is 17.5 Å². The second kappa shape index (κ2) is 9.29. The van der Waals surface area contributed by atoms with Crippen LogP contribution in [0.1, 0.15) is 54.1 Å². The molecule has 1 heterocycles. The van der Waals surface area contributed by atoms with Crippen molar-refractivity contribution in [1.29, 1.82) is 0 Å². The predicted octanol–water partition coefficient (Wildman–Crippen LogP) is 5.65. The van der Waals surface area contributed by atoms with Gasteiger partial charge in [0.15, 0.2) is 0 Å². The van der Waals surface area contributed by atoms with E-state index in [2.05, 4.69) is 5.32 Å². The van der Waals surface area contributed by atoms with Crippen LogP contribution in [0, 0.1) is 5.82 Å². The Balaban J connectivity index is 1.61. The Morgan fingerprint density at radius 3 is 2.41 bits per heavy atom. The molecule has 1 saturated carbocycles. The minimum absolute atomic E-state index is 0.0836. The Bertz CT molecular complexity index is 1220. The zero-order chi connectivity index (χ0) is 23.7.